The lowest BCUT2D eigenvalue weighted by atomic mass is 9.96. The fraction of sp³-hybridized carbons (Fsp3) is 0.125. The van der Waals surface area contributed by atoms with E-state index in [-0.39, 0.29) is 5.70 Å². The molecule has 0 saturated heterocycles. The van der Waals surface area contributed by atoms with Gasteiger partial charge in [0, 0.05) is 36.1 Å². The van der Waals surface area contributed by atoms with Gasteiger partial charge in [-0.1, -0.05) is 0 Å². The number of halogens is 1. The van der Waals surface area contributed by atoms with Gasteiger partial charge < -0.3 is 5.73 Å². The Kier molecular flexibility index (Phi) is 2.54. The van der Waals surface area contributed by atoms with Crippen molar-refractivity contribution in [1.82, 2.24) is 14.5 Å². The highest BCUT2D eigenvalue weighted by atomic mass is 19.1. The lowest BCUT2D eigenvalue weighted by molar-refractivity contribution is 0.375. The van der Waals surface area contributed by atoms with Crippen molar-refractivity contribution in [3.05, 3.63) is 59.8 Å². The SMILES string of the molecule is NC1=Cc2cc(-n3ccc4ccncc43)ncc2CC1F. The van der Waals surface area contributed by atoms with Gasteiger partial charge in [-0.25, -0.2) is 9.37 Å². The Morgan fingerprint density at radius 3 is 3.10 bits per heavy atom. The second-order valence-corrected chi connectivity index (χ2v) is 5.18. The topological polar surface area (TPSA) is 56.7 Å². The van der Waals surface area contributed by atoms with Crippen molar-refractivity contribution < 1.29 is 4.39 Å². The van der Waals surface area contributed by atoms with E-state index in [0.29, 0.717) is 6.42 Å². The molecule has 0 fully saturated rings. The molecule has 0 aliphatic heterocycles. The Hall–Kier alpha value is -2.69. The molecule has 2 N–H and O–H groups in total. The molecule has 1 atom stereocenters. The van der Waals surface area contributed by atoms with Crippen molar-refractivity contribution in [2.24, 2.45) is 5.73 Å². The standard InChI is InChI=1S/C16H13FN4/c17-13-5-12-8-20-16(7-11(12)6-14(13)18)21-4-2-10-1-3-19-9-15(10)21/h1-4,6-9,13H,5,18H2. The number of nitrogens with two attached hydrogens (primary N) is 1. The van der Waals surface area contributed by atoms with Crippen LogP contribution >= 0.6 is 0 Å². The molecule has 21 heavy (non-hydrogen) atoms. The van der Waals surface area contributed by atoms with E-state index in [1.165, 1.54) is 0 Å². The first-order valence-corrected chi connectivity index (χ1v) is 6.74. The molecule has 1 unspecified atom stereocenters. The van der Waals surface area contributed by atoms with E-state index in [0.717, 1.165) is 27.8 Å². The summed E-state index contributed by atoms with van der Waals surface area (Å²) in [6.07, 6.45) is 8.12. The first-order chi connectivity index (χ1) is 10.2. The van der Waals surface area contributed by atoms with Gasteiger partial charge in [-0.2, -0.15) is 0 Å². The monoisotopic (exact) mass is 280 g/mol. The highest BCUT2D eigenvalue weighted by molar-refractivity contribution is 5.80. The van der Waals surface area contributed by atoms with E-state index < -0.39 is 6.17 Å². The summed E-state index contributed by atoms with van der Waals surface area (Å²) in [6, 6.07) is 5.90. The number of alkyl halides is 1. The minimum Gasteiger partial charge on any atom is -0.400 e. The van der Waals surface area contributed by atoms with E-state index in [1.807, 2.05) is 29.0 Å². The maximum Gasteiger partial charge on any atom is 0.143 e. The first kappa shape index (κ1) is 12.1. The molecule has 0 aromatic carbocycles. The summed E-state index contributed by atoms with van der Waals surface area (Å²) in [7, 11) is 0. The molecule has 0 radical (unpaired) electrons. The van der Waals surface area contributed by atoms with Gasteiger partial charge in [-0.05, 0) is 35.4 Å². The number of allylic oxidation sites excluding steroid dienone is 1. The molecule has 1 aliphatic rings. The maximum atomic E-state index is 13.6. The summed E-state index contributed by atoms with van der Waals surface area (Å²) in [4.78, 5) is 8.59. The van der Waals surface area contributed by atoms with Gasteiger partial charge in [0.05, 0.1) is 11.7 Å². The van der Waals surface area contributed by atoms with Crippen LogP contribution in [0.4, 0.5) is 4.39 Å². The molecule has 4 nitrogen and oxygen atoms in total. The van der Waals surface area contributed by atoms with Gasteiger partial charge >= 0.3 is 0 Å². The Labute approximate surface area is 120 Å². The van der Waals surface area contributed by atoms with Crippen molar-refractivity contribution in [3.63, 3.8) is 0 Å². The van der Waals surface area contributed by atoms with Crippen molar-refractivity contribution in [2.45, 2.75) is 12.6 Å². The summed E-state index contributed by atoms with van der Waals surface area (Å²) in [6.45, 7) is 0. The molecular formula is C16H13FN4. The van der Waals surface area contributed by atoms with Crippen LogP contribution in [-0.4, -0.2) is 20.7 Å². The number of pyridine rings is 2. The van der Waals surface area contributed by atoms with Crippen LogP contribution in [0.15, 0.2) is 48.7 Å². The molecule has 3 aromatic rings. The lowest BCUT2D eigenvalue weighted by Crippen LogP contribution is -2.20. The van der Waals surface area contributed by atoms with Gasteiger partial charge in [-0.15, -0.1) is 0 Å². The molecule has 0 bridgehead atoms. The fourth-order valence-electron chi connectivity index (χ4n) is 2.68. The van der Waals surface area contributed by atoms with Gasteiger partial charge in [0.15, 0.2) is 0 Å². The van der Waals surface area contributed by atoms with Crippen molar-refractivity contribution in [3.8, 4) is 5.82 Å². The zero-order valence-electron chi connectivity index (χ0n) is 11.2. The van der Waals surface area contributed by atoms with Gasteiger partial charge in [0.2, 0.25) is 0 Å². The quantitative estimate of drug-likeness (QED) is 0.745. The average Bonchev–Trinajstić information content (AvgIpc) is 2.92. The number of nitrogens with zero attached hydrogens (tertiary/aromatic N) is 3. The molecule has 1 aliphatic carbocycles. The number of rotatable bonds is 1. The predicted octanol–water partition coefficient (Wildman–Crippen LogP) is 2.61. The van der Waals surface area contributed by atoms with Gasteiger partial charge in [0.25, 0.3) is 0 Å². The third-order valence-corrected chi connectivity index (χ3v) is 3.83. The minimum atomic E-state index is -1.11. The summed E-state index contributed by atoms with van der Waals surface area (Å²) >= 11 is 0. The third-order valence-electron chi connectivity index (χ3n) is 3.83. The summed E-state index contributed by atoms with van der Waals surface area (Å²) in [5.41, 5.74) is 8.78. The molecule has 3 aromatic heterocycles. The molecule has 0 amide bonds. The Morgan fingerprint density at radius 1 is 1.29 bits per heavy atom. The van der Waals surface area contributed by atoms with Crippen molar-refractivity contribution in [1.29, 1.82) is 0 Å². The van der Waals surface area contributed by atoms with Crippen LogP contribution in [0.25, 0.3) is 22.8 Å². The first-order valence-electron chi connectivity index (χ1n) is 6.74. The maximum absolute atomic E-state index is 13.6. The van der Waals surface area contributed by atoms with E-state index >= 15 is 0 Å². The zero-order chi connectivity index (χ0) is 14.4. The van der Waals surface area contributed by atoms with E-state index in [2.05, 4.69) is 9.97 Å². The van der Waals surface area contributed by atoms with Crippen molar-refractivity contribution in [2.75, 3.05) is 0 Å². The molecule has 104 valence electrons. The van der Waals surface area contributed by atoms with Crippen LogP contribution in [0.3, 0.4) is 0 Å². The predicted molar refractivity (Wildman–Crippen MR) is 79.6 cm³/mol. The van der Waals surface area contributed by atoms with Crippen molar-refractivity contribution >= 4 is 17.0 Å². The van der Waals surface area contributed by atoms with E-state index in [1.54, 1.807) is 24.7 Å². The molecule has 0 saturated carbocycles. The molecule has 3 heterocycles. The smallest absolute Gasteiger partial charge is 0.143 e. The summed E-state index contributed by atoms with van der Waals surface area (Å²) in [5, 5.41) is 1.10. The van der Waals surface area contributed by atoms with Crippen LogP contribution in [0, 0.1) is 0 Å². The third kappa shape index (κ3) is 1.89. The number of fused-ring (bicyclic) bond motifs is 2. The minimum absolute atomic E-state index is 0.277. The highest BCUT2D eigenvalue weighted by Gasteiger charge is 2.19. The van der Waals surface area contributed by atoms with Crippen LogP contribution in [0.2, 0.25) is 0 Å². The number of aromatic nitrogens is 3. The number of hydrogen-bond donors (Lipinski definition) is 1. The second kappa shape index (κ2) is 4.41. The van der Waals surface area contributed by atoms with Gasteiger partial charge in [-0.3, -0.25) is 9.55 Å². The van der Waals surface area contributed by atoms with Crippen LogP contribution in [-0.2, 0) is 6.42 Å². The van der Waals surface area contributed by atoms with Crippen LogP contribution in [0.1, 0.15) is 11.1 Å². The van der Waals surface area contributed by atoms with Gasteiger partial charge in [0.1, 0.15) is 12.0 Å². The molecular weight excluding hydrogens is 267 g/mol. The second-order valence-electron chi connectivity index (χ2n) is 5.18. The highest BCUT2D eigenvalue weighted by Crippen LogP contribution is 2.26. The van der Waals surface area contributed by atoms with Crippen LogP contribution in [0.5, 0.6) is 0 Å². The van der Waals surface area contributed by atoms with Crippen LogP contribution < -0.4 is 5.73 Å². The Morgan fingerprint density at radius 2 is 2.19 bits per heavy atom. The zero-order valence-corrected chi connectivity index (χ0v) is 11.2. The lowest BCUT2D eigenvalue weighted by Gasteiger charge is -2.18. The fourth-order valence-corrected chi connectivity index (χ4v) is 2.68. The molecule has 5 heteroatoms. The Balaban J connectivity index is 1.87. The molecule has 4 rings (SSSR count). The Bertz CT molecular complexity index is 866. The largest absolute Gasteiger partial charge is 0.400 e. The normalized spacial score (nSPS) is 17.6. The van der Waals surface area contributed by atoms with E-state index in [9.17, 15) is 4.39 Å². The summed E-state index contributed by atoms with van der Waals surface area (Å²) in [5.74, 6) is 0.776. The van der Waals surface area contributed by atoms with E-state index in [4.69, 9.17) is 5.73 Å². The average molecular weight is 280 g/mol. The molecule has 0 spiro atoms. The number of hydrogen-bond acceptors (Lipinski definition) is 3. The summed E-state index contributed by atoms with van der Waals surface area (Å²) < 4.78 is 15.6.